The Bertz CT molecular complexity index is 604. The molecule has 118 valence electrons. The highest BCUT2D eigenvalue weighted by Gasteiger charge is 2.24. The number of halogens is 2. The van der Waals surface area contributed by atoms with Crippen molar-refractivity contribution in [2.45, 2.75) is 44.7 Å². The summed E-state index contributed by atoms with van der Waals surface area (Å²) in [5.74, 6) is 0.950. The highest BCUT2D eigenvalue weighted by Crippen LogP contribution is 2.25. The van der Waals surface area contributed by atoms with Crippen LogP contribution < -0.4 is 0 Å². The van der Waals surface area contributed by atoms with Gasteiger partial charge in [0.2, 0.25) is 0 Å². The molecule has 0 radical (unpaired) electrons. The Labute approximate surface area is 139 Å². The SMILES string of the molecule is Clc1ccc(COC2CCCC(Cc3ncc[nH]3)O2)c(Cl)c1. The van der Waals surface area contributed by atoms with Gasteiger partial charge in [-0.15, -0.1) is 0 Å². The van der Waals surface area contributed by atoms with E-state index in [0.717, 1.165) is 37.1 Å². The number of benzene rings is 1. The van der Waals surface area contributed by atoms with Crippen LogP contribution in [-0.4, -0.2) is 22.4 Å². The first-order valence-corrected chi connectivity index (χ1v) is 8.15. The molecule has 1 N–H and O–H groups in total. The summed E-state index contributed by atoms with van der Waals surface area (Å²) < 4.78 is 11.9. The van der Waals surface area contributed by atoms with Crippen molar-refractivity contribution in [2.75, 3.05) is 0 Å². The van der Waals surface area contributed by atoms with E-state index in [0.29, 0.717) is 16.7 Å². The van der Waals surface area contributed by atoms with E-state index in [1.165, 1.54) is 0 Å². The Hall–Kier alpha value is -1.07. The molecule has 0 aliphatic carbocycles. The van der Waals surface area contributed by atoms with Crippen LogP contribution in [0.15, 0.2) is 30.6 Å². The maximum Gasteiger partial charge on any atom is 0.158 e. The summed E-state index contributed by atoms with van der Waals surface area (Å²) >= 11 is 12.0. The fraction of sp³-hybridized carbons (Fsp3) is 0.438. The number of aromatic nitrogens is 2. The van der Waals surface area contributed by atoms with Crippen molar-refractivity contribution in [1.29, 1.82) is 0 Å². The molecule has 2 atom stereocenters. The lowest BCUT2D eigenvalue weighted by Gasteiger charge is -2.29. The van der Waals surface area contributed by atoms with E-state index in [1.54, 1.807) is 12.3 Å². The van der Waals surface area contributed by atoms with Crippen LogP contribution in [0.4, 0.5) is 0 Å². The molecular weight excluding hydrogens is 323 g/mol. The van der Waals surface area contributed by atoms with Crippen molar-refractivity contribution < 1.29 is 9.47 Å². The van der Waals surface area contributed by atoms with Gasteiger partial charge in [-0.3, -0.25) is 0 Å². The van der Waals surface area contributed by atoms with Gasteiger partial charge >= 0.3 is 0 Å². The monoisotopic (exact) mass is 340 g/mol. The van der Waals surface area contributed by atoms with Crippen molar-refractivity contribution in [3.8, 4) is 0 Å². The van der Waals surface area contributed by atoms with Gasteiger partial charge in [0.25, 0.3) is 0 Å². The van der Waals surface area contributed by atoms with Crippen LogP contribution in [0.1, 0.15) is 30.7 Å². The van der Waals surface area contributed by atoms with Gasteiger partial charge in [-0.25, -0.2) is 4.98 Å². The number of rotatable bonds is 5. The number of hydrogen-bond donors (Lipinski definition) is 1. The van der Waals surface area contributed by atoms with E-state index in [2.05, 4.69) is 9.97 Å². The minimum Gasteiger partial charge on any atom is -0.349 e. The molecule has 4 nitrogen and oxygen atoms in total. The molecule has 0 bridgehead atoms. The topological polar surface area (TPSA) is 47.1 Å². The van der Waals surface area contributed by atoms with Gasteiger partial charge in [-0.1, -0.05) is 29.3 Å². The standard InChI is InChI=1S/C16H18Cl2N2O2/c17-12-5-4-11(14(18)8-12)10-21-16-3-1-2-13(22-16)9-15-19-6-7-20-15/h4-8,13,16H,1-3,9-10H2,(H,19,20). The second kappa shape index (κ2) is 7.47. The van der Waals surface area contributed by atoms with Crippen molar-refractivity contribution >= 4 is 23.2 Å². The molecule has 1 aromatic heterocycles. The fourth-order valence-electron chi connectivity index (χ4n) is 2.58. The summed E-state index contributed by atoms with van der Waals surface area (Å²) in [5.41, 5.74) is 0.919. The van der Waals surface area contributed by atoms with Crippen molar-refractivity contribution in [3.05, 3.63) is 52.0 Å². The van der Waals surface area contributed by atoms with Crippen LogP contribution in [0.25, 0.3) is 0 Å². The van der Waals surface area contributed by atoms with Gasteiger partial charge in [0.05, 0.1) is 12.7 Å². The predicted molar refractivity (Wildman–Crippen MR) is 86.1 cm³/mol. The highest BCUT2D eigenvalue weighted by molar-refractivity contribution is 6.35. The zero-order valence-electron chi connectivity index (χ0n) is 12.1. The summed E-state index contributed by atoms with van der Waals surface area (Å²) in [6.45, 7) is 0.425. The Morgan fingerprint density at radius 1 is 1.32 bits per heavy atom. The summed E-state index contributed by atoms with van der Waals surface area (Å²) in [7, 11) is 0. The van der Waals surface area contributed by atoms with E-state index in [9.17, 15) is 0 Å². The maximum absolute atomic E-state index is 6.15. The Morgan fingerprint density at radius 3 is 3.00 bits per heavy atom. The molecule has 0 amide bonds. The van der Waals surface area contributed by atoms with Gasteiger partial charge in [0.15, 0.2) is 6.29 Å². The third-order valence-electron chi connectivity index (χ3n) is 3.73. The van der Waals surface area contributed by atoms with E-state index < -0.39 is 0 Å². The molecule has 2 unspecified atom stereocenters. The second-order valence-electron chi connectivity index (χ2n) is 5.41. The molecule has 1 saturated heterocycles. The molecule has 3 rings (SSSR count). The molecule has 2 heterocycles. The normalized spacial score (nSPS) is 21.9. The van der Waals surface area contributed by atoms with Crippen molar-refractivity contribution in [2.24, 2.45) is 0 Å². The van der Waals surface area contributed by atoms with Crippen molar-refractivity contribution in [1.82, 2.24) is 9.97 Å². The molecule has 1 aliphatic rings. The van der Waals surface area contributed by atoms with E-state index in [-0.39, 0.29) is 12.4 Å². The van der Waals surface area contributed by atoms with Gasteiger partial charge in [-0.2, -0.15) is 0 Å². The molecule has 1 fully saturated rings. The molecule has 6 heteroatoms. The zero-order chi connectivity index (χ0) is 15.4. The largest absolute Gasteiger partial charge is 0.349 e. The predicted octanol–water partition coefficient (Wildman–Crippen LogP) is 4.37. The Balaban J connectivity index is 1.52. The van der Waals surface area contributed by atoms with Crippen LogP contribution >= 0.6 is 23.2 Å². The Morgan fingerprint density at radius 2 is 2.23 bits per heavy atom. The van der Waals surface area contributed by atoms with Crippen LogP contribution in [0.5, 0.6) is 0 Å². The number of aromatic amines is 1. The van der Waals surface area contributed by atoms with E-state index in [4.69, 9.17) is 32.7 Å². The van der Waals surface area contributed by atoms with Crippen molar-refractivity contribution in [3.63, 3.8) is 0 Å². The molecule has 2 aromatic rings. The molecular formula is C16H18Cl2N2O2. The summed E-state index contributed by atoms with van der Waals surface area (Å²) in [5, 5.41) is 1.25. The lowest BCUT2D eigenvalue weighted by Crippen LogP contribution is -2.31. The minimum atomic E-state index is -0.194. The average molecular weight is 341 g/mol. The third-order valence-corrected chi connectivity index (χ3v) is 4.31. The summed E-state index contributed by atoms with van der Waals surface area (Å²) in [4.78, 5) is 7.35. The van der Waals surface area contributed by atoms with E-state index in [1.807, 2.05) is 18.3 Å². The lowest BCUT2D eigenvalue weighted by molar-refractivity contribution is -0.199. The van der Waals surface area contributed by atoms with E-state index >= 15 is 0 Å². The zero-order valence-corrected chi connectivity index (χ0v) is 13.6. The maximum atomic E-state index is 6.15. The lowest BCUT2D eigenvalue weighted by atomic mass is 10.1. The molecule has 1 aromatic carbocycles. The summed E-state index contributed by atoms with van der Waals surface area (Å²) in [6.07, 6.45) is 7.34. The number of imidazole rings is 1. The second-order valence-corrected chi connectivity index (χ2v) is 6.25. The number of nitrogens with zero attached hydrogens (tertiary/aromatic N) is 1. The summed E-state index contributed by atoms with van der Waals surface area (Å²) in [6, 6.07) is 5.42. The minimum absolute atomic E-state index is 0.144. The fourth-order valence-corrected chi connectivity index (χ4v) is 3.05. The average Bonchev–Trinajstić information content (AvgIpc) is 3.00. The molecule has 0 spiro atoms. The quantitative estimate of drug-likeness (QED) is 0.878. The van der Waals surface area contributed by atoms with Crippen LogP contribution in [0.3, 0.4) is 0 Å². The first kappa shape index (κ1) is 15.8. The molecule has 22 heavy (non-hydrogen) atoms. The first-order chi connectivity index (χ1) is 10.7. The Kier molecular flexibility index (Phi) is 5.37. The first-order valence-electron chi connectivity index (χ1n) is 7.40. The van der Waals surface area contributed by atoms with Gasteiger partial charge in [0.1, 0.15) is 5.82 Å². The number of H-pyrrole nitrogens is 1. The van der Waals surface area contributed by atoms with Gasteiger partial charge < -0.3 is 14.5 Å². The number of ether oxygens (including phenoxy) is 2. The van der Waals surface area contributed by atoms with Gasteiger partial charge in [0, 0.05) is 28.9 Å². The highest BCUT2D eigenvalue weighted by atomic mass is 35.5. The molecule has 1 aliphatic heterocycles. The van der Waals surface area contributed by atoms with Crippen LogP contribution in [0, 0.1) is 0 Å². The van der Waals surface area contributed by atoms with Crippen LogP contribution in [-0.2, 0) is 22.5 Å². The van der Waals surface area contributed by atoms with Gasteiger partial charge in [-0.05, 0) is 37.0 Å². The number of hydrogen-bond acceptors (Lipinski definition) is 3. The van der Waals surface area contributed by atoms with Crippen LogP contribution in [0.2, 0.25) is 10.0 Å². The third kappa shape index (κ3) is 4.23. The molecule has 0 saturated carbocycles. The smallest absolute Gasteiger partial charge is 0.158 e. The number of nitrogens with one attached hydrogen (secondary N) is 1.